The smallest absolute Gasteiger partial charge is 0.119 e. The Morgan fingerprint density at radius 2 is 1.95 bits per heavy atom. The Morgan fingerprint density at radius 1 is 1.20 bits per heavy atom. The molecule has 0 amide bonds. The number of halogens is 1. The molecule has 3 heteroatoms. The Balaban J connectivity index is 1.74. The van der Waals surface area contributed by atoms with Crippen LogP contribution in [0.2, 0.25) is 0 Å². The molecule has 1 aliphatic rings. The lowest BCUT2D eigenvalue weighted by molar-refractivity contribution is 0.204. The largest absolute Gasteiger partial charge is 0.494 e. The van der Waals surface area contributed by atoms with Crippen LogP contribution in [0.25, 0.3) is 0 Å². The van der Waals surface area contributed by atoms with Crippen molar-refractivity contribution in [2.45, 2.75) is 51.5 Å². The minimum absolute atomic E-state index is 0.706. The van der Waals surface area contributed by atoms with E-state index in [1.54, 1.807) is 0 Å². The molecule has 0 aliphatic heterocycles. The topological polar surface area (TPSA) is 21.3 Å². The van der Waals surface area contributed by atoms with Crippen LogP contribution in [-0.4, -0.2) is 19.2 Å². The molecule has 2 rings (SSSR count). The van der Waals surface area contributed by atoms with E-state index in [1.807, 2.05) is 24.3 Å². The maximum atomic E-state index is 5.87. The van der Waals surface area contributed by atoms with E-state index in [4.69, 9.17) is 4.74 Å². The molecule has 2 atom stereocenters. The number of rotatable bonds is 7. The van der Waals surface area contributed by atoms with Gasteiger partial charge < -0.3 is 10.1 Å². The van der Waals surface area contributed by atoms with Gasteiger partial charge in [-0.15, -0.1) is 0 Å². The Kier molecular flexibility index (Phi) is 6.88. The molecule has 0 radical (unpaired) electrons. The summed E-state index contributed by atoms with van der Waals surface area (Å²) in [5, 5.41) is 3.72. The molecule has 0 aromatic heterocycles. The Hall–Kier alpha value is -0.540. The minimum Gasteiger partial charge on any atom is -0.494 e. The molecule has 1 aliphatic carbocycles. The molecule has 1 saturated carbocycles. The highest BCUT2D eigenvalue weighted by Crippen LogP contribution is 2.27. The Bertz CT molecular complexity index is 379. The van der Waals surface area contributed by atoms with Crippen molar-refractivity contribution in [2.75, 3.05) is 13.2 Å². The second-order valence-corrected chi connectivity index (χ2v) is 6.61. The van der Waals surface area contributed by atoms with E-state index in [0.717, 1.165) is 35.7 Å². The monoisotopic (exact) mass is 339 g/mol. The zero-order chi connectivity index (χ0) is 14.2. The van der Waals surface area contributed by atoms with Gasteiger partial charge in [0.15, 0.2) is 0 Å². The quantitative estimate of drug-likeness (QED) is 0.771. The molecule has 0 saturated heterocycles. The fraction of sp³-hybridized carbons (Fsp3) is 0.647. The van der Waals surface area contributed by atoms with Gasteiger partial charge in [-0.05, 0) is 62.4 Å². The van der Waals surface area contributed by atoms with E-state index in [-0.39, 0.29) is 0 Å². The van der Waals surface area contributed by atoms with Gasteiger partial charge in [-0.3, -0.25) is 0 Å². The van der Waals surface area contributed by atoms with Gasteiger partial charge >= 0.3 is 0 Å². The van der Waals surface area contributed by atoms with Gasteiger partial charge in [0.25, 0.3) is 0 Å². The van der Waals surface area contributed by atoms with E-state index in [2.05, 4.69) is 28.2 Å². The van der Waals surface area contributed by atoms with Gasteiger partial charge in [-0.2, -0.15) is 0 Å². The van der Waals surface area contributed by atoms with Gasteiger partial charge in [0, 0.05) is 10.5 Å². The number of hydrogen-bond acceptors (Lipinski definition) is 2. The van der Waals surface area contributed by atoms with Crippen LogP contribution >= 0.6 is 15.9 Å². The van der Waals surface area contributed by atoms with E-state index in [9.17, 15) is 0 Å². The van der Waals surface area contributed by atoms with Gasteiger partial charge in [-0.1, -0.05) is 35.7 Å². The molecule has 1 N–H and O–H groups in total. The average molecular weight is 340 g/mol. The predicted octanol–water partition coefficient (Wildman–Crippen LogP) is 4.78. The van der Waals surface area contributed by atoms with Crippen molar-refractivity contribution in [2.24, 2.45) is 5.92 Å². The molecule has 0 bridgehead atoms. The standard InChI is InChI=1S/C17H26BrNO/c1-2-12-19-17-6-4-3-5-14(17)11-13-20-16-9-7-15(18)8-10-16/h7-10,14,17,19H,2-6,11-13H2,1H3. The lowest BCUT2D eigenvalue weighted by Crippen LogP contribution is -2.39. The maximum absolute atomic E-state index is 5.87. The first-order valence-electron chi connectivity index (χ1n) is 7.91. The first-order valence-corrected chi connectivity index (χ1v) is 8.70. The van der Waals surface area contributed by atoms with Crippen LogP contribution in [-0.2, 0) is 0 Å². The molecule has 112 valence electrons. The van der Waals surface area contributed by atoms with Gasteiger partial charge in [0.2, 0.25) is 0 Å². The first-order chi connectivity index (χ1) is 9.79. The van der Waals surface area contributed by atoms with Crippen LogP contribution in [0.5, 0.6) is 5.75 Å². The van der Waals surface area contributed by atoms with E-state index < -0.39 is 0 Å². The van der Waals surface area contributed by atoms with Crippen LogP contribution in [0.4, 0.5) is 0 Å². The van der Waals surface area contributed by atoms with Crippen molar-refractivity contribution >= 4 is 15.9 Å². The Labute approximate surface area is 131 Å². The lowest BCUT2D eigenvalue weighted by atomic mass is 9.82. The summed E-state index contributed by atoms with van der Waals surface area (Å²) in [6, 6.07) is 8.82. The van der Waals surface area contributed by atoms with Crippen molar-refractivity contribution in [3.63, 3.8) is 0 Å². The summed E-state index contributed by atoms with van der Waals surface area (Å²) in [4.78, 5) is 0. The third kappa shape index (κ3) is 5.10. The van der Waals surface area contributed by atoms with E-state index in [0.29, 0.717) is 6.04 Å². The second kappa shape index (κ2) is 8.68. The fourth-order valence-electron chi connectivity index (χ4n) is 3.01. The minimum atomic E-state index is 0.706. The number of benzene rings is 1. The third-order valence-corrected chi connectivity index (χ3v) is 4.67. The van der Waals surface area contributed by atoms with Gasteiger partial charge in [0.1, 0.15) is 5.75 Å². The van der Waals surface area contributed by atoms with Crippen molar-refractivity contribution < 1.29 is 4.74 Å². The highest BCUT2D eigenvalue weighted by molar-refractivity contribution is 9.10. The summed E-state index contributed by atoms with van der Waals surface area (Å²) in [6.45, 7) is 4.22. The molecule has 1 fully saturated rings. The molecule has 20 heavy (non-hydrogen) atoms. The van der Waals surface area contributed by atoms with Crippen LogP contribution in [0.15, 0.2) is 28.7 Å². The van der Waals surface area contributed by atoms with Crippen molar-refractivity contribution in [3.05, 3.63) is 28.7 Å². The van der Waals surface area contributed by atoms with Gasteiger partial charge in [0.05, 0.1) is 6.61 Å². The molecule has 1 aromatic carbocycles. The maximum Gasteiger partial charge on any atom is 0.119 e. The van der Waals surface area contributed by atoms with E-state index >= 15 is 0 Å². The molecule has 2 nitrogen and oxygen atoms in total. The molecule has 0 heterocycles. The summed E-state index contributed by atoms with van der Waals surface area (Å²) in [7, 11) is 0. The zero-order valence-corrected chi connectivity index (χ0v) is 14.0. The zero-order valence-electron chi connectivity index (χ0n) is 12.4. The summed E-state index contributed by atoms with van der Waals surface area (Å²) >= 11 is 3.44. The van der Waals surface area contributed by atoms with E-state index in [1.165, 1.54) is 32.1 Å². The van der Waals surface area contributed by atoms with Crippen LogP contribution in [0.3, 0.4) is 0 Å². The van der Waals surface area contributed by atoms with Crippen LogP contribution in [0, 0.1) is 5.92 Å². The summed E-state index contributed by atoms with van der Waals surface area (Å²) in [5.74, 6) is 1.76. The molecule has 2 unspecified atom stereocenters. The van der Waals surface area contributed by atoms with Crippen molar-refractivity contribution in [1.29, 1.82) is 0 Å². The average Bonchev–Trinajstić information content (AvgIpc) is 2.48. The predicted molar refractivity (Wildman–Crippen MR) is 88.3 cm³/mol. The lowest BCUT2D eigenvalue weighted by Gasteiger charge is -2.32. The first kappa shape index (κ1) is 15.8. The molecular formula is C17H26BrNO. The third-order valence-electron chi connectivity index (χ3n) is 4.14. The fourth-order valence-corrected chi connectivity index (χ4v) is 3.27. The Morgan fingerprint density at radius 3 is 2.70 bits per heavy atom. The van der Waals surface area contributed by atoms with Crippen molar-refractivity contribution in [3.8, 4) is 5.75 Å². The number of ether oxygens (including phenoxy) is 1. The SMILES string of the molecule is CCCNC1CCCCC1CCOc1ccc(Br)cc1. The van der Waals surface area contributed by atoms with Crippen molar-refractivity contribution in [1.82, 2.24) is 5.32 Å². The highest BCUT2D eigenvalue weighted by atomic mass is 79.9. The number of hydrogen-bond donors (Lipinski definition) is 1. The second-order valence-electron chi connectivity index (χ2n) is 5.70. The van der Waals surface area contributed by atoms with Crippen LogP contribution < -0.4 is 10.1 Å². The highest BCUT2D eigenvalue weighted by Gasteiger charge is 2.24. The number of nitrogens with one attached hydrogen (secondary N) is 1. The normalized spacial score (nSPS) is 22.7. The summed E-state index contributed by atoms with van der Waals surface area (Å²) in [6.07, 6.45) is 7.84. The van der Waals surface area contributed by atoms with Crippen LogP contribution in [0.1, 0.15) is 45.4 Å². The van der Waals surface area contributed by atoms with Gasteiger partial charge in [-0.25, -0.2) is 0 Å². The molecule has 0 spiro atoms. The molecule has 1 aromatic rings. The summed E-state index contributed by atoms with van der Waals surface area (Å²) < 4.78 is 6.97. The summed E-state index contributed by atoms with van der Waals surface area (Å²) in [5.41, 5.74) is 0. The molecular weight excluding hydrogens is 314 g/mol.